The van der Waals surface area contributed by atoms with Gasteiger partial charge < -0.3 is 21.3 Å². The molecule has 0 saturated carbocycles. The summed E-state index contributed by atoms with van der Waals surface area (Å²) in [5.74, 6) is -1.46. The van der Waals surface area contributed by atoms with Crippen LogP contribution >= 0.6 is 24.4 Å². The summed E-state index contributed by atoms with van der Waals surface area (Å²) in [5.41, 5.74) is -1.47. The molecule has 2 aliphatic rings. The largest absolute Gasteiger partial charge is 0.354 e. The number of nitro benzene ring substituents is 2. The van der Waals surface area contributed by atoms with Gasteiger partial charge in [-0.1, -0.05) is 24.3 Å². The van der Waals surface area contributed by atoms with Crippen LogP contribution in [-0.4, -0.2) is 31.9 Å². The van der Waals surface area contributed by atoms with Crippen LogP contribution in [0.3, 0.4) is 0 Å². The molecular formula is C19H14N6O6S2. The number of carbonyl (C=O) groups is 2. The van der Waals surface area contributed by atoms with Crippen LogP contribution < -0.4 is 21.3 Å². The zero-order valence-corrected chi connectivity index (χ0v) is 18.1. The zero-order valence-electron chi connectivity index (χ0n) is 16.4. The molecule has 2 heterocycles. The van der Waals surface area contributed by atoms with Gasteiger partial charge in [0.2, 0.25) is 11.8 Å². The third-order valence-electron chi connectivity index (χ3n) is 5.54. The molecular weight excluding hydrogens is 472 g/mol. The number of carbonyl (C=O) groups excluding carboxylic acids is 2. The molecule has 2 atom stereocenters. The number of hydrogen-bond donors (Lipinski definition) is 4. The minimum Gasteiger partial charge on any atom is -0.354 e. The Bertz CT molecular complexity index is 1120. The first-order valence-electron chi connectivity index (χ1n) is 9.37. The lowest BCUT2D eigenvalue weighted by molar-refractivity contribution is -0.385. The number of nitrogens with one attached hydrogen (secondary N) is 4. The summed E-state index contributed by atoms with van der Waals surface area (Å²) in [6, 6.07) is 8.60. The van der Waals surface area contributed by atoms with Crippen LogP contribution in [0.4, 0.5) is 11.4 Å². The fourth-order valence-corrected chi connectivity index (χ4v) is 4.46. The Morgan fingerprint density at radius 3 is 1.39 bits per heavy atom. The molecule has 33 heavy (non-hydrogen) atoms. The zero-order chi connectivity index (χ0) is 23.9. The second-order valence-electron chi connectivity index (χ2n) is 7.29. The van der Waals surface area contributed by atoms with E-state index in [1.807, 2.05) is 0 Å². The van der Waals surface area contributed by atoms with Gasteiger partial charge >= 0.3 is 0 Å². The molecule has 168 valence electrons. The predicted octanol–water partition coefficient (Wildman–Crippen LogP) is 1.28. The molecule has 4 N–H and O–H groups in total. The number of nitrogens with zero attached hydrogens (tertiary/aromatic N) is 2. The van der Waals surface area contributed by atoms with Crippen molar-refractivity contribution in [3.05, 3.63) is 79.9 Å². The summed E-state index contributed by atoms with van der Waals surface area (Å²) in [6.45, 7) is 0. The van der Waals surface area contributed by atoms with Gasteiger partial charge in [-0.2, -0.15) is 0 Å². The molecule has 1 spiro atoms. The number of hydrogen-bond acceptors (Lipinski definition) is 8. The Labute approximate surface area is 196 Å². The molecule has 0 unspecified atom stereocenters. The molecule has 0 aliphatic carbocycles. The van der Waals surface area contributed by atoms with E-state index in [9.17, 15) is 29.8 Å². The van der Waals surface area contributed by atoms with E-state index >= 15 is 0 Å². The Kier molecular flexibility index (Phi) is 5.47. The van der Waals surface area contributed by atoms with Crippen LogP contribution in [0.2, 0.25) is 0 Å². The first-order chi connectivity index (χ1) is 15.6. The topological polar surface area (TPSA) is 169 Å². The Morgan fingerprint density at radius 1 is 0.697 bits per heavy atom. The highest BCUT2D eigenvalue weighted by atomic mass is 32.1. The predicted molar refractivity (Wildman–Crippen MR) is 122 cm³/mol. The SMILES string of the molecule is O=C1NC(=S)NC(=O)C12[C@@H](c1ccc([N+](=O)[O-])cc1)NC(=S)N[C@@H]2c1ccc([N+](=O)[O-])cc1. The third-order valence-corrected chi connectivity index (χ3v) is 5.98. The molecule has 2 saturated heterocycles. The molecule has 2 aromatic carbocycles. The van der Waals surface area contributed by atoms with Gasteiger partial charge in [0.05, 0.1) is 21.9 Å². The number of rotatable bonds is 4. The lowest BCUT2D eigenvalue weighted by Crippen LogP contribution is -2.73. The van der Waals surface area contributed by atoms with E-state index in [0.717, 1.165) is 0 Å². The molecule has 0 bridgehead atoms. The van der Waals surface area contributed by atoms with Crippen molar-refractivity contribution >= 4 is 57.8 Å². The highest BCUT2D eigenvalue weighted by Crippen LogP contribution is 2.48. The average Bonchev–Trinajstić information content (AvgIpc) is 2.77. The van der Waals surface area contributed by atoms with E-state index in [1.165, 1.54) is 48.5 Å². The lowest BCUT2D eigenvalue weighted by atomic mass is 9.65. The molecule has 14 heteroatoms. The van der Waals surface area contributed by atoms with Crippen molar-refractivity contribution in [2.45, 2.75) is 12.1 Å². The summed E-state index contributed by atoms with van der Waals surface area (Å²) < 4.78 is 0. The van der Waals surface area contributed by atoms with Crippen LogP contribution in [0.15, 0.2) is 48.5 Å². The number of thiocarbonyl (C=S) groups is 2. The van der Waals surface area contributed by atoms with Gasteiger partial charge in [-0.3, -0.25) is 29.8 Å². The fraction of sp³-hybridized carbons (Fsp3) is 0.158. The smallest absolute Gasteiger partial charge is 0.269 e. The van der Waals surface area contributed by atoms with Crippen molar-refractivity contribution in [3.8, 4) is 0 Å². The van der Waals surface area contributed by atoms with E-state index in [2.05, 4.69) is 21.3 Å². The summed E-state index contributed by atoms with van der Waals surface area (Å²) >= 11 is 10.3. The fourth-order valence-electron chi connectivity index (χ4n) is 4.04. The van der Waals surface area contributed by atoms with Crippen LogP contribution in [0.25, 0.3) is 0 Å². The number of non-ortho nitro benzene ring substituents is 2. The van der Waals surface area contributed by atoms with Gasteiger partial charge in [0.15, 0.2) is 15.6 Å². The van der Waals surface area contributed by atoms with Crippen LogP contribution in [0, 0.1) is 25.6 Å². The standard InChI is InChI=1S/C19H14N6O6S2/c26-15-19(16(27)23-18(33)22-15)13(9-1-5-11(6-2-9)24(28)29)20-17(32)21-14(19)10-3-7-12(8-4-10)25(30)31/h1-8,13-14H,(H2,20,21,32)(H2,22,23,26,27,33)/t13-,14-/m1/s1. The summed E-state index contributed by atoms with van der Waals surface area (Å²) in [4.78, 5) is 47.8. The van der Waals surface area contributed by atoms with Gasteiger partial charge in [0, 0.05) is 24.3 Å². The van der Waals surface area contributed by atoms with Crippen molar-refractivity contribution in [2.24, 2.45) is 5.41 Å². The van der Waals surface area contributed by atoms with Crippen molar-refractivity contribution in [3.63, 3.8) is 0 Å². The second-order valence-corrected chi connectivity index (χ2v) is 8.10. The molecule has 2 aliphatic heterocycles. The Balaban J connectivity index is 1.89. The van der Waals surface area contributed by atoms with Gasteiger partial charge in [-0.05, 0) is 35.6 Å². The molecule has 12 nitrogen and oxygen atoms in total. The van der Waals surface area contributed by atoms with Crippen LogP contribution in [0.5, 0.6) is 0 Å². The summed E-state index contributed by atoms with van der Waals surface area (Å²) in [6.07, 6.45) is 0. The normalized spacial score (nSPS) is 21.5. The van der Waals surface area contributed by atoms with E-state index < -0.39 is 39.2 Å². The molecule has 2 fully saturated rings. The summed E-state index contributed by atoms with van der Waals surface area (Å²) in [7, 11) is 0. The average molecular weight is 486 g/mol. The van der Waals surface area contributed by atoms with Crippen LogP contribution in [0.1, 0.15) is 23.2 Å². The molecule has 0 aromatic heterocycles. The highest BCUT2D eigenvalue weighted by molar-refractivity contribution is 7.80. The van der Waals surface area contributed by atoms with E-state index in [4.69, 9.17) is 24.4 Å². The molecule has 4 rings (SSSR count). The maximum Gasteiger partial charge on any atom is 0.269 e. The summed E-state index contributed by atoms with van der Waals surface area (Å²) in [5, 5.41) is 32.8. The third kappa shape index (κ3) is 3.64. The minimum atomic E-state index is -1.89. The number of amides is 2. The van der Waals surface area contributed by atoms with E-state index in [1.54, 1.807) is 0 Å². The first kappa shape index (κ1) is 22.2. The Hall–Kier alpha value is -4.04. The lowest BCUT2D eigenvalue weighted by Gasteiger charge is -2.50. The number of benzene rings is 2. The van der Waals surface area contributed by atoms with E-state index in [0.29, 0.717) is 11.1 Å². The van der Waals surface area contributed by atoms with Crippen molar-refractivity contribution in [2.75, 3.05) is 0 Å². The highest BCUT2D eigenvalue weighted by Gasteiger charge is 2.63. The van der Waals surface area contributed by atoms with Crippen molar-refractivity contribution in [1.29, 1.82) is 0 Å². The second kappa shape index (κ2) is 8.14. The minimum absolute atomic E-state index is 0.112. The van der Waals surface area contributed by atoms with Crippen LogP contribution in [-0.2, 0) is 9.59 Å². The Morgan fingerprint density at radius 2 is 1.06 bits per heavy atom. The van der Waals surface area contributed by atoms with E-state index in [-0.39, 0.29) is 21.6 Å². The maximum absolute atomic E-state index is 13.4. The maximum atomic E-state index is 13.4. The molecule has 2 amide bonds. The van der Waals surface area contributed by atoms with Gasteiger partial charge in [-0.15, -0.1) is 0 Å². The van der Waals surface area contributed by atoms with Crippen molar-refractivity contribution in [1.82, 2.24) is 21.3 Å². The molecule has 2 aromatic rings. The molecule has 0 radical (unpaired) electrons. The van der Waals surface area contributed by atoms with Gasteiger partial charge in [-0.25, -0.2) is 0 Å². The first-order valence-corrected chi connectivity index (χ1v) is 10.2. The van der Waals surface area contributed by atoms with Gasteiger partial charge in [0.25, 0.3) is 11.4 Å². The quantitative estimate of drug-likeness (QED) is 0.214. The number of nitro groups is 2. The monoisotopic (exact) mass is 486 g/mol. The van der Waals surface area contributed by atoms with Gasteiger partial charge in [0.1, 0.15) is 0 Å². The van der Waals surface area contributed by atoms with Crippen molar-refractivity contribution < 1.29 is 19.4 Å².